The summed E-state index contributed by atoms with van der Waals surface area (Å²) in [6, 6.07) is 0. The summed E-state index contributed by atoms with van der Waals surface area (Å²) < 4.78 is 21.7. The Morgan fingerprint density at radius 3 is 2.29 bits per heavy atom. The van der Waals surface area contributed by atoms with Gasteiger partial charge in [0, 0.05) is 0 Å². The van der Waals surface area contributed by atoms with Crippen molar-refractivity contribution in [1.82, 2.24) is 0 Å². The summed E-state index contributed by atoms with van der Waals surface area (Å²) in [6.07, 6.45) is 0.413. The first-order valence-electron chi connectivity index (χ1n) is 1.48. The summed E-state index contributed by atoms with van der Waals surface area (Å²) >= 11 is 0. The summed E-state index contributed by atoms with van der Waals surface area (Å²) in [5, 5.41) is 0. The SMILES string of the molecule is O=CCN=S(=O)=O. The molecule has 0 N–H and O–H groups in total. The van der Waals surface area contributed by atoms with E-state index in [4.69, 9.17) is 0 Å². The molecular formula is C2H3NO3S. The summed E-state index contributed by atoms with van der Waals surface area (Å²) in [6.45, 7) is -0.268. The molecule has 0 aromatic carbocycles. The Balaban J connectivity index is 3.71. The third-order valence-electron chi connectivity index (χ3n) is 0.254. The lowest BCUT2D eigenvalue weighted by molar-refractivity contribution is -0.106. The summed E-state index contributed by atoms with van der Waals surface area (Å²) in [5.41, 5.74) is 0. The van der Waals surface area contributed by atoms with E-state index in [1.165, 1.54) is 0 Å². The van der Waals surface area contributed by atoms with Gasteiger partial charge in [0.1, 0.15) is 12.8 Å². The van der Waals surface area contributed by atoms with Crippen LogP contribution in [-0.4, -0.2) is 21.2 Å². The van der Waals surface area contributed by atoms with Gasteiger partial charge in [0.25, 0.3) is 0 Å². The molecule has 0 bridgehead atoms. The number of carbonyl (C=O) groups excluding carboxylic acids is 1. The Morgan fingerprint density at radius 2 is 2.14 bits per heavy atom. The molecular weight excluding hydrogens is 118 g/mol. The van der Waals surface area contributed by atoms with E-state index >= 15 is 0 Å². The Bertz CT molecular complexity index is 159. The van der Waals surface area contributed by atoms with Gasteiger partial charge in [0.15, 0.2) is 0 Å². The van der Waals surface area contributed by atoms with E-state index in [0.717, 1.165) is 0 Å². The van der Waals surface area contributed by atoms with E-state index in [9.17, 15) is 13.2 Å². The molecule has 4 nitrogen and oxygen atoms in total. The first-order valence-corrected chi connectivity index (χ1v) is 2.51. The van der Waals surface area contributed by atoms with Gasteiger partial charge in [-0.15, -0.1) is 0 Å². The second kappa shape index (κ2) is 3.48. The van der Waals surface area contributed by atoms with Crippen molar-refractivity contribution in [3.05, 3.63) is 0 Å². The van der Waals surface area contributed by atoms with Crippen molar-refractivity contribution in [2.45, 2.75) is 0 Å². The van der Waals surface area contributed by atoms with Crippen LogP contribution in [0, 0.1) is 0 Å². The first kappa shape index (κ1) is 6.29. The van der Waals surface area contributed by atoms with E-state index in [2.05, 4.69) is 4.36 Å². The van der Waals surface area contributed by atoms with Crippen molar-refractivity contribution in [2.75, 3.05) is 6.54 Å². The van der Waals surface area contributed by atoms with Gasteiger partial charge < -0.3 is 4.79 Å². The monoisotopic (exact) mass is 121 g/mol. The van der Waals surface area contributed by atoms with Gasteiger partial charge in [0.05, 0.1) is 0 Å². The maximum absolute atomic E-state index is 9.43. The van der Waals surface area contributed by atoms with E-state index < -0.39 is 10.5 Å². The zero-order valence-electron chi connectivity index (χ0n) is 3.36. The van der Waals surface area contributed by atoms with Gasteiger partial charge >= 0.3 is 10.5 Å². The topological polar surface area (TPSA) is 63.6 Å². The zero-order valence-corrected chi connectivity index (χ0v) is 4.18. The van der Waals surface area contributed by atoms with Gasteiger partial charge in [-0.25, -0.2) is 0 Å². The van der Waals surface area contributed by atoms with Crippen LogP contribution < -0.4 is 0 Å². The molecule has 0 aliphatic rings. The highest BCUT2D eigenvalue weighted by atomic mass is 32.2. The largest absolute Gasteiger partial charge is 0.311 e. The molecule has 0 fully saturated rings. The highest BCUT2D eigenvalue weighted by Crippen LogP contribution is 1.56. The normalized spacial score (nSPS) is 7.43. The van der Waals surface area contributed by atoms with Crippen LogP contribution in [-0.2, 0) is 15.3 Å². The quantitative estimate of drug-likeness (QED) is 0.451. The van der Waals surface area contributed by atoms with Crippen molar-refractivity contribution in [2.24, 2.45) is 4.36 Å². The molecule has 0 amide bonds. The van der Waals surface area contributed by atoms with Crippen molar-refractivity contribution in [3.63, 3.8) is 0 Å². The molecule has 0 unspecified atom stereocenters. The number of hydrogen-bond donors (Lipinski definition) is 0. The summed E-state index contributed by atoms with van der Waals surface area (Å²) in [4.78, 5) is 9.34. The summed E-state index contributed by atoms with van der Waals surface area (Å²) in [5.74, 6) is 0. The average molecular weight is 121 g/mol. The van der Waals surface area contributed by atoms with E-state index in [1.807, 2.05) is 0 Å². The van der Waals surface area contributed by atoms with Crippen LogP contribution in [0.1, 0.15) is 0 Å². The number of nitrogens with zero attached hydrogens (tertiary/aromatic N) is 1. The smallest absolute Gasteiger partial charge is 0.301 e. The lowest BCUT2D eigenvalue weighted by Gasteiger charge is -1.60. The number of rotatable bonds is 2. The molecule has 0 saturated carbocycles. The third-order valence-corrected chi connectivity index (χ3v) is 0.614. The van der Waals surface area contributed by atoms with Crippen molar-refractivity contribution in [3.8, 4) is 0 Å². The van der Waals surface area contributed by atoms with Gasteiger partial charge in [-0.3, -0.25) is 0 Å². The Hall–Kier alpha value is -0.710. The highest BCUT2D eigenvalue weighted by Gasteiger charge is 1.69. The van der Waals surface area contributed by atoms with Crippen LogP contribution in [0.3, 0.4) is 0 Å². The molecule has 5 heteroatoms. The minimum atomic E-state index is -2.42. The van der Waals surface area contributed by atoms with Crippen LogP contribution in [0.4, 0.5) is 0 Å². The molecule has 0 aromatic heterocycles. The number of carbonyl (C=O) groups is 1. The summed E-state index contributed by atoms with van der Waals surface area (Å²) in [7, 11) is -2.42. The second-order valence-electron chi connectivity index (χ2n) is 0.695. The average Bonchev–Trinajstić information content (AvgIpc) is 1.61. The molecule has 0 aliphatic carbocycles. The third kappa shape index (κ3) is 5.29. The van der Waals surface area contributed by atoms with Crippen molar-refractivity contribution >= 4 is 16.8 Å². The molecule has 0 heterocycles. The molecule has 7 heavy (non-hydrogen) atoms. The molecule has 0 spiro atoms. The fourth-order valence-electron chi connectivity index (χ4n) is 0.0913. The van der Waals surface area contributed by atoms with Crippen molar-refractivity contribution in [1.29, 1.82) is 0 Å². The van der Waals surface area contributed by atoms with Crippen molar-refractivity contribution < 1.29 is 13.2 Å². The predicted molar refractivity (Wildman–Crippen MR) is 22.3 cm³/mol. The molecule has 0 radical (unpaired) electrons. The molecule has 0 aromatic rings. The van der Waals surface area contributed by atoms with Gasteiger partial charge in [0.2, 0.25) is 0 Å². The number of aldehydes is 1. The Morgan fingerprint density at radius 1 is 1.57 bits per heavy atom. The Kier molecular flexibility index (Phi) is 3.13. The molecule has 0 aliphatic heterocycles. The molecule has 0 atom stereocenters. The number of hydrogen-bond acceptors (Lipinski definition) is 4. The lowest BCUT2D eigenvalue weighted by atomic mass is 10.8. The fraction of sp³-hybridized carbons (Fsp3) is 0.500. The standard InChI is InChI=1S/C2H3NO3S/c4-2-1-3-7(5)6/h2H,1H2. The van der Waals surface area contributed by atoms with Gasteiger partial charge in [-0.05, 0) is 0 Å². The molecule has 40 valence electrons. The Labute approximate surface area is 41.9 Å². The van der Waals surface area contributed by atoms with Crippen LogP contribution in [0.5, 0.6) is 0 Å². The second-order valence-corrected chi connectivity index (χ2v) is 1.39. The maximum atomic E-state index is 9.43. The first-order chi connectivity index (χ1) is 3.27. The van der Waals surface area contributed by atoms with Crippen LogP contribution in [0.2, 0.25) is 0 Å². The maximum Gasteiger partial charge on any atom is 0.311 e. The van der Waals surface area contributed by atoms with E-state index in [1.54, 1.807) is 0 Å². The van der Waals surface area contributed by atoms with E-state index in [0.29, 0.717) is 6.29 Å². The van der Waals surface area contributed by atoms with Gasteiger partial charge in [-0.2, -0.15) is 12.8 Å². The van der Waals surface area contributed by atoms with Crippen LogP contribution >= 0.6 is 0 Å². The molecule has 0 saturated heterocycles. The minimum absolute atomic E-state index is 0.268. The highest BCUT2D eigenvalue weighted by molar-refractivity contribution is 7.61. The van der Waals surface area contributed by atoms with E-state index in [-0.39, 0.29) is 6.54 Å². The minimum Gasteiger partial charge on any atom is -0.301 e. The van der Waals surface area contributed by atoms with Crippen LogP contribution in [0.15, 0.2) is 4.36 Å². The lowest BCUT2D eigenvalue weighted by Crippen LogP contribution is -1.75. The predicted octanol–water partition coefficient (Wildman–Crippen LogP) is -0.752. The van der Waals surface area contributed by atoms with Crippen LogP contribution in [0.25, 0.3) is 0 Å². The fourth-order valence-corrected chi connectivity index (χ4v) is 0.274. The zero-order chi connectivity index (χ0) is 5.70. The molecule has 0 rings (SSSR count). The van der Waals surface area contributed by atoms with Gasteiger partial charge in [-0.1, -0.05) is 0 Å².